The van der Waals surface area contributed by atoms with Gasteiger partial charge in [0.15, 0.2) is 0 Å². The van der Waals surface area contributed by atoms with Gasteiger partial charge in [0.2, 0.25) is 11.8 Å². The molecule has 1 aromatic heterocycles. The van der Waals surface area contributed by atoms with Crippen LogP contribution < -0.4 is 10.6 Å². The largest absolute Gasteiger partial charge is 0.385 e. The summed E-state index contributed by atoms with van der Waals surface area (Å²) in [6.07, 6.45) is 5.93. The number of nitrogens with one attached hydrogen (secondary N) is 2. The number of aryl methyl sites for hydroxylation is 1. The standard InChI is InChI=1S/C25H36N4O4/c1-32-11-5-10-28-15-19(22-6-3-4-7-23(22)28)16-29(21-8-9-21)25(31)18-12-20(14-26-13-18)27-24(30)17-33-2/h3-4,6-7,15,18,20-21,26H,5,8-14,16-17H2,1-2H3,(H,27,30)/t18?,20-/m1/s1. The van der Waals surface area contributed by atoms with Crippen molar-refractivity contribution in [1.82, 2.24) is 20.1 Å². The van der Waals surface area contributed by atoms with Gasteiger partial charge in [-0.25, -0.2) is 0 Å². The summed E-state index contributed by atoms with van der Waals surface area (Å²) in [4.78, 5) is 27.6. The maximum Gasteiger partial charge on any atom is 0.246 e. The summed E-state index contributed by atoms with van der Waals surface area (Å²) >= 11 is 0. The highest BCUT2D eigenvalue weighted by molar-refractivity contribution is 5.85. The highest BCUT2D eigenvalue weighted by Crippen LogP contribution is 2.33. The Labute approximate surface area is 195 Å². The molecule has 2 aliphatic rings. The molecule has 2 N–H and O–H groups in total. The monoisotopic (exact) mass is 456 g/mol. The van der Waals surface area contributed by atoms with Crippen molar-refractivity contribution in [2.45, 2.75) is 50.9 Å². The summed E-state index contributed by atoms with van der Waals surface area (Å²) in [5.74, 6) is -0.0908. The summed E-state index contributed by atoms with van der Waals surface area (Å²) in [7, 11) is 3.24. The van der Waals surface area contributed by atoms with Crippen LogP contribution in [-0.4, -0.2) is 73.9 Å². The highest BCUT2D eigenvalue weighted by atomic mass is 16.5. The maximum absolute atomic E-state index is 13.6. The third-order valence-electron chi connectivity index (χ3n) is 6.57. The Hall–Kier alpha value is -2.42. The molecule has 2 amide bonds. The lowest BCUT2D eigenvalue weighted by molar-refractivity contribution is -0.138. The second-order valence-corrected chi connectivity index (χ2v) is 9.20. The lowest BCUT2D eigenvalue weighted by atomic mass is 9.94. The van der Waals surface area contributed by atoms with Gasteiger partial charge in [-0.05, 0) is 37.3 Å². The number of amides is 2. The first kappa shape index (κ1) is 23.7. The molecular formula is C25H36N4O4. The first-order chi connectivity index (χ1) is 16.1. The SMILES string of the molecule is COCCCn1cc(CN(C(=O)C2CNC[C@H](NC(=O)COC)C2)C2CC2)c2ccccc21. The van der Waals surface area contributed by atoms with E-state index in [9.17, 15) is 9.59 Å². The zero-order chi connectivity index (χ0) is 23.2. The molecule has 0 radical (unpaired) electrons. The highest BCUT2D eigenvalue weighted by Gasteiger charge is 2.38. The molecule has 4 rings (SSSR count). The predicted molar refractivity (Wildman–Crippen MR) is 127 cm³/mol. The second kappa shape index (κ2) is 11.1. The molecule has 0 spiro atoms. The molecule has 1 saturated heterocycles. The number of aromatic nitrogens is 1. The van der Waals surface area contributed by atoms with Crippen LogP contribution in [0.15, 0.2) is 30.5 Å². The molecule has 1 aliphatic carbocycles. The minimum Gasteiger partial charge on any atom is -0.385 e. The minimum atomic E-state index is -0.141. The number of hydrogen-bond donors (Lipinski definition) is 2. The van der Waals surface area contributed by atoms with E-state index >= 15 is 0 Å². The molecule has 33 heavy (non-hydrogen) atoms. The average Bonchev–Trinajstić information content (AvgIpc) is 3.60. The van der Waals surface area contributed by atoms with Crippen LogP contribution in [0.1, 0.15) is 31.2 Å². The van der Waals surface area contributed by atoms with Gasteiger partial charge in [0.25, 0.3) is 0 Å². The van der Waals surface area contributed by atoms with E-state index in [4.69, 9.17) is 9.47 Å². The summed E-state index contributed by atoms with van der Waals surface area (Å²) in [5, 5.41) is 7.52. The van der Waals surface area contributed by atoms with Gasteiger partial charge in [-0.3, -0.25) is 9.59 Å². The number of piperidine rings is 1. The van der Waals surface area contributed by atoms with Crippen molar-refractivity contribution < 1.29 is 19.1 Å². The van der Waals surface area contributed by atoms with Crippen molar-refractivity contribution in [3.05, 3.63) is 36.0 Å². The molecule has 8 nitrogen and oxygen atoms in total. The maximum atomic E-state index is 13.6. The van der Waals surface area contributed by atoms with E-state index in [-0.39, 0.29) is 30.4 Å². The van der Waals surface area contributed by atoms with Crippen LogP contribution in [0.25, 0.3) is 10.9 Å². The molecule has 1 aliphatic heterocycles. The number of carbonyl (C=O) groups excluding carboxylic acids is 2. The molecule has 1 saturated carbocycles. The fraction of sp³-hybridized carbons (Fsp3) is 0.600. The summed E-state index contributed by atoms with van der Waals surface area (Å²) in [6, 6.07) is 8.68. The smallest absolute Gasteiger partial charge is 0.246 e. The van der Waals surface area contributed by atoms with Gasteiger partial charge in [0.05, 0.1) is 5.92 Å². The van der Waals surface area contributed by atoms with Gasteiger partial charge in [0, 0.05) is 76.2 Å². The van der Waals surface area contributed by atoms with E-state index in [2.05, 4.69) is 50.6 Å². The fourth-order valence-corrected chi connectivity index (χ4v) is 4.84. The lowest BCUT2D eigenvalue weighted by Gasteiger charge is -2.33. The van der Waals surface area contributed by atoms with Crippen LogP contribution in [0.4, 0.5) is 0 Å². The topological polar surface area (TPSA) is 84.8 Å². The van der Waals surface area contributed by atoms with Crippen molar-refractivity contribution in [3.63, 3.8) is 0 Å². The van der Waals surface area contributed by atoms with E-state index in [0.29, 0.717) is 32.1 Å². The number of benzene rings is 1. The normalized spacial score (nSPS) is 20.7. The van der Waals surface area contributed by atoms with E-state index < -0.39 is 0 Å². The van der Waals surface area contributed by atoms with Crippen LogP contribution in [0.2, 0.25) is 0 Å². The predicted octanol–water partition coefficient (Wildman–Crippen LogP) is 1.91. The van der Waals surface area contributed by atoms with E-state index in [1.165, 1.54) is 23.6 Å². The third kappa shape index (κ3) is 5.93. The number of rotatable bonds is 11. The minimum absolute atomic E-state index is 0.0394. The number of methoxy groups -OCH3 is 2. The zero-order valence-electron chi connectivity index (χ0n) is 19.7. The molecular weight excluding hydrogens is 420 g/mol. The Balaban J connectivity index is 1.47. The van der Waals surface area contributed by atoms with Crippen molar-refractivity contribution in [3.8, 4) is 0 Å². The Bertz CT molecular complexity index is 955. The van der Waals surface area contributed by atoms with Crippen molar-refractivity contribution in [2.75, 3.05) is 40.5 Å². The molecule has 2 aromatic rings. The molecule has 2 atom stereocenters. The van der Waals surface area contributed by atoms with E-state index in [1.807, 2.05) is 0 Å². The van der Waals surface area contributed by atoms with Gasteiger partial charge in [-0.2, -0.15) is 0 Å². The molecule has 8 heteroatoms. The van der Waals surface area contributed by atoms with E-state index in [0.717, 1.165) is 32.4 Å². The van der Waals surface area contributed by atoms with Gasteiger partial charge in [-0.15, -0.1) is 0 Å². The number of hydrogen-bond acceptors (Lipinski definition) is 5. The number of para-hydroxylation sites is 1. The summed E-state index contributed by atoms with van der Waals surface area (Å²) in [6.45, 7) is 3.61. The average molecular weight is 457 g/mol. The quantitative estimate of drug-likeness (QED) is 0.505. The Kier molecular flexibility index (Phi) is 8.01. The van der Waals surface area contributed by atoms with Gasteiger partial charge < -0.3 is 29.6 Å². The second-order valence-electron chi connectivity index (χ2n) is 9.20. The Morgan fingerprint density at radius 2 is 2.00 bits per heavy atom. The summed E-state index contributed by atoms with van der Waals surface area (Å²) < 4.78 is 12.4. The Morgan fingerprint density at radius 3 is 2.76 bits per heavy atom. The molecule has 0 bridgehead atoms. The Morgan fingerprint density at radius 1 is 1.18 bits per heavy atom. The van der Waals surface area contributed by atoms with Crippen molar-refractivity contribution in [2.24, 2.45) is 5.92 Å². The van der Waals surface area contributed by atoms with Gasteiger partial charge >= 0.3 is 0 Å². The van der Waals surface area contributed by atoms with Crippen molar-refractivity contribution >= 4 is 22.7 Å². The first-order valence-corrected chi connectivity index (χ1v) is 12.0. The molecule has 2 fully saturated rings. The number of ether oxygens (including phenoxy) is 2. The van der Waals surface area contributed by atoms with Crippen LogP contribution >= 0.6 is 0 Å². The molecule has 2 heterocycles. The summed E-state index contributed by atoms with van der Waals surface area (Å²) in [5.41, 5.74) is 2.39. The third-order valence-corrected chi connectivity index (χ3v) is 6.57. The molecule has 1 unspecified atom stereocenters. The van der Waals surface area contributed by atoms with Crippen LogP contribution in [0, 0.1) is 5.92 Å². The number of carbonyl (C=O) groups is 2. The lowest BCUT2D eigenvalue weighted by Crippen LogP contribution is -2.53. The first-order valence-electron chi connectivity index (χ1n) is 12.0. The molecule has 180 valence electrons. The number of nitrogens with zero attached hydrogens (tertiary/aromatic N) is 2. The van der Waals surface area contributed by atoms with Gasteiger partial charge in [0.1, 0.15) is 6.61 Å². The van der Waals surface area contributed by atoms with Gasteiger partial charge in [-0.1, -0.05) is 18.2 Å². The fourth-order valence-electron chi connectivity index (χ4n) is 4.84. The zero-order valence-corrected chi connectivity index (χ0v) is 19.7. The van der Waals surface area contributed by atoms with Crippen LogP contribution in [-0.2, 0) is 32.2 Å². The van der Waals surface area contributed by atoms with Crippen molar-refractivity contribution in [1.29, 1.82) is 0 Å². The number of fused-ring (bicyclic) bond motifs is 1. The van der Waals surface area contributed by atoms with Crippen LogP contribution in [0.5, 0.6) is 0 Å². The van der Waals surface area contributed by atoms with Crippen LogP contribution in [0.3, 0.4) is 0 Å². The van der Waals surface area contributed by atoms with E-state index in [1.54, 1.807) is 7.11 Å². The molecule has 1 aromatic carbocycles.